The van der Waals surface area contributed by atoms with Crippen LogP contribution < -0.4 is 15.8 Å². The van der Waals surface area contributed by atoms with Gasteiger partial charge in [0.2, 0.25) is 5.91 Å². The highest BCUT2D eigenvalue weighted by atomic mass is 19.2. The molecule has 2 amide bonds. The highest BCUT2D eigenvalue weighted by molar-refractivity contribution is 5.97. The Balaban J connectivity index is 1.30. The van der Waals surface area contributed by atoms with Gasteiger partial charge in [-0.1, -0.05) is 0 Å². The zero-order valence-electron chi connectivity index (χ0n) is 22.0. The predicted octanol–water partition coefficient (Wildman–Crippen LogP) is 2.66. The van der Waals surface area contributed by atoms with Crippen molar-refractivity contribution in [2.24, 2.45) is 12.0 Å². The molecule has 4 heterocycles. The van der Waals surface area contributed by atoms with E-state index in [1.165, 1.54) is 15.9 Å². The second-order valence-corrected chi connectivity index (χ2v) is 10.3. The van der Waals surface area contributed by atoms with Crippen LogP contribution in [0.15, 0.2) is 53.3 Å². The summed E-state index contributed by atoms with van der Waals surface area (Å²) in [5.74, 6) is -2.51. The third-order valence-corrected chi connectivity index (χ3v) is 6.06. The van der Waals surface area contributed by atoms with E-state index in [0.717, 1.165) is 11.8 Å². The molecule has 1 aromatic carbocycles. The molecule has 2 aromatic rings. The van der Waals surface area contributed by atoms with E-state index in [4.69, 9.17) is 4.74 Å². The number of aryl methyl sites for hydroxylation is 1. The molecule has 0 bridgehead atoms. The summed E-state index contributed by atoms with van der Waals surface area (Å²) in [6, 6.07) is 2.43. The van der Waals surface area contributed by atoms with E-state index in [1.807, 2.05) is 0 Å². The van der Waals surface area contributed by atoms with Gasteiger partial charge < -0.3 is 15.1 Å². The standard InChI is InChI=1S/C25H29F2N9O3/c1-25(2,3)39-24(38)33-5-6-35(22(37)14-33)18-7-16(23(27)19(26)8-18)11-36-21-13-34(15-28-20(21)10-30-36)31-17-9-29-32(4)12-17/h7-10,12-13,15,30-31H,5-6,11,14H2,1-4H3. The van der Waals surface area contributed by atoms with E-state index in [0.29, 0.717) is 11.4 Å². The number of benzene rings is 1. The summed E-state index contributed by atoms with van der Waals surface area (Å²) < 4.78 is 36.6. The molecule has 0 spiro atoms. The summed E-state index contributed by atoms with van der Waals surface area (Å²) in [6.45, 7) is 5.25. The smallest absolute Gasteiger partial charge is 0.410 e. The zero-order valence-corrected chi connectivity index (χ0v) is 22.0. The minimum Gasteiger partial charge on any atom is -0.444 e. The first-order valence-electron chi connectivity index (χ1n) is 12.3. The minimum absolute atomic E-state index is 0.0387. The van der Waals surface area contributed by atoms with Crippen molar-refractivity contribution < 1.29 is 23.1 Å². The van der Waals surface area contributed by atoms with E-state index in [2.05, 4.69) is 20.9 Å². The number of amides is 2. The number of halogens is 2. The molecule has 3 aliphatic rings. The fourth-order valence-electron chi connectivity index (χ4n) is 4.27. The van der Waals surface area contributed by atoms with Crippen LogP contribution in [-0.2, 0) is 23.1 Å². The Morgan fingerprint density at radius 2 is 2.03 bits per heavy atom. The number of piperazine rings is 1. The lowest BCUT2D eigenvalue weighted by atomic mass is 10.1. The molecule has 12 nitrogen and oxygen atoms in total. The molecule has 0 radical (unpaired) electrons. The first kappa shape index (κ1) is 26.0. The van der Waals surface area contributed by atoms with Gasteiger partial charge in [-0.3, -0.25) is 24.8 Å². The van der Waals surface area contributed by atoms with Crippen LogP contribution in [0.2, 0.25) is 0 Å². The SMILES string of the molecule is Cn1cc(NN2C=NC3=CNN(Cc4cc(N5CCN(C(=O)OC(C)(C)C)CC5=O)cc(F)c4F)C3=C2)cn1. The van der Waals surface area contributed by atoms with Gasteiger partial charge in [0.1, 0.15) is 29.9 Å². The Labute approximate surface area is 223 Å². The maximum Gasteiger partial charge on any atom is 0.410 e. The third-order valence-electron chi connectivity index (χ3n) is 6.06. The molecule has 0 unspecified atom stereocenters. The lowest BCUT2D eigenvalue weighted by molar-refractivity contribution is -0.121. The fourth-order valence-corrected chi connectivity index (χ4v) is 4.27. The van der Waals surface area contributed by atoms with E-state index in [-0.39, 0.29) is 37.4 Å². The molecule has 1 saturated heterocycles. The van der Waals surface area contributed by atoms with Crippen LogP contribution in [0, 0.1) is 11.6 Å². The fraction of sp³-hybridized carbons (Fsp3) is 0.360. The first-order valence-corrected chi connectivity index (χ1v) is 12.3. The quantitative estimate of drug-likeness (QED) is 0.595. The van der Waals surface area contributed by atoms with Crippen LogP contribution in [0.5, 0.6) is 0 Å². The van der Waals surface area contributed by atoms with Crippen molar-refractivity contribution in [2.75, 3.05) is 30.0 Å². The van der Waals surface area contributed by atoms with Gasteiger partial charge in [0.05, 0.1) is 24.6 Å². The summed E-state index contributed by atoms with van der Waals surface area (Å²) in [5.41, 5.74) is 7.67. The molecular weight excluding hydrogens is 512 g/mol. The molecule has 2 N–H and O–H groups in total. The van der Waals surface area contributed by atoms with Crippen molar-refractivity contribution in [3.05, 3.63) is 65.5 Å². The number of hydrogen-bond donors (Lipinski definition) is 2. The minimum atomic E-state index is -1.08. The molecule has 1 aromatic heterocycles. The molecule has 0 saturated carbocycles. The van der Waals surface area contributed by atoms with Crippen LogP contribution in [0.3, 0.4) is 0 Å². The number of anilines is 2. The predicted molar refractivity (Wildman–Crippen MR) is 139 cm³/mol. The Morgan fingerprint density at radius 1 is 1.23 bits per heavy atom. The molecule has 206 valence electrons. The average molecular weight is 542 g/mol. The molecule has 1 fully saturated rings. The molecular formula is C25H29F2N9O3. The molecule has 14 heteroatoms. The van der Waals surface area contributed by atoms with Crippen molar-refractivity contribution in [3.8, 4) is 0 Å². The number of carbonyl (C=O) groups is 2. The molecule has 5 rings (SSSR count). The second-order valence-electron chi connectivity index (χ2n) is 10.3. The summed E-state index contributed by atoms with van der Waals surface area (Å²) in [7, 11) is 1.80. The summed E-state index contributed by atoms with van der Waals surface area (Å²) in [4.78, 5) is 32.3. The Hall–Kier alpha value is -4.62. The van der Waals surface area contributed by atoms with Crippen molar-refractivity contribution in [1.82, 2.24) is 30.1 Å². The van der Waals surface area contributed by atoms with E-state index in [9.17, 15) is 18.4 Å². The maximum atomic E-state index is 14.9. The molecule has 3 aliphatic heterocycles. The van der Waals surface area contributed by atoms with Crippen LogP contribution in [-0.4, -0.2) is 68.3 Å². The Kier molecular flexibility index (Phi) is 6.62. The van der Waals surface area contributed by atoms with Crippen molar-refractivity contribution in [1.29, 1.82) is 0 Å². The number of ether oxygens (including phenoxy) is 1. The number of aliphatic imine (C=N–C) groups is 1. The van der Waals surface area contributed by atoms with Crippen molar-refractivity contribution in [3.63, 3.8) is 0 Å². The monoisotopic (exact) mass is 541 g/mol. The average Bonchev–Trinajstić information content (AvgIpc) is 3.46. The lowest BCUT2D eigenvalue weighted by Gasteiger charge is -2.35. The van der Waals surface area contributed by atoms with Crippen LogP contribution >= 0.6 is 0 Å². The molecule has 39 heavy (non-hydrogen) atoms. The normalized spacial score (nSPS) is 17.1. The van der Waals surface area contributed by atoms with Gasteiger partial charge in [-0.15, -0.1) is 0 Å². The third kappa shape index (κ3) is 5.63. The summed E-state index contributed by atoms with van der Waals surface area (Å²) >= 11 is 0. The summed E-state index contributed by atoms with van der Waals surface area (Å²) in [5, 5.41) is 7.36. The number of hydrazine groups is 2. The maximum absolute atomic E-state index is 14.9. The van der Waals surface area contributed by atoms with Gasteiger partial charge in [-0.2, -0.15) is 5.10 Å². The second kappa shape index (κ2) is 9.93. The van der Waals surface area contributed by atoms with Crippen LogP contribution in [0.25, 0.3) is 0 Å². The number of nitrogens with zero attached hydrogens (tertiary/aromatic N) is 7. The molecule has 0 aliphatic carbocycles. The topological polar surface area (TPSA) is 111 Å². The Morgan fingerprint density at radius 3 is 2.72 bits per heavy atom. The number of aromatic nitrogens is 2. The first-order chi connectivity index (χ1) is 18.5. The molecule has 0 atom stereocenters. The highest BCUT2D eigenvalue weighted by Gasteiger charge is 2.32. The van der Waals surface area contributed by atoms with Crippen molar-refractivity contribution >= 4 is 29.7 Å². The number of nitrogens with one attached hydrogen (secondary N) is 2. The number of hydrogen-bond acceptors (Lipinski definition) is 9. The number of fused-ring (bicyclic) bond motifs is 1. The van der Waals surface area contributed by atoms with Gasteiger partial charge in [-0.25, -0.2) is 23.6 Å². The highest BCUT2D eigenvalue weighted by Crippen LogP contribution is 2.29. The number of carbonyl (C=O) groups excluding carboxylic acids is 2. The van der Waals surface area contributed by atoms with Crippen LogP contribution in [0.4, 0.5) is 25.0 Å². The largest absolute Gasteiger partial charge is 0.444 e. The number of rotatable bonds is 5. The van der Waals surface area contributed by atoms with Crippen LogP contribution in [0.1, 0.15) is 26.3 Å². The lowest BCUT2D eigenvalue weighted by Crippen LogP contribution is -2.53. The summed E-state index contributed by atoms with van der Waals surface area (Å²) in [6.07, 6.45) is 7.84. The Bertz CT molecular complexity index is 1400. The van der Waals surface area contributed by atoms with Gasteiger partial charge in [0.15, 0.2) is 11.6 Å². The van der Waals surface area contributed by atoms with E-state index < -0.39 is 29.2 Å². The van der Waals surface area contributed by atoms with Gasteiger partial charge in [0.25, 0.3) is 0 Å². The van der Waals surface area contributed by atoms with Crippen molar-refractivity contribution in [2.45, 2.75) is 32.9 Å². The van der Waals surface area contributed by atoms with Gasteiger partial charge in [-0.05, 0) is 26.8 Å². The van der Waals surface area contributed by atoms with Gasteiger partial charge in [0, 0.05) is 49.9 Å². The van der Waals surface area contributed by atoms with Gasteiger partial charge >= 0.3 is 6.09 Å². The van der Waals surface area contributed by atoms with E-state index in [1.54, 1.807) is 73.7 Å². The van der Waals surface area contributed by atoms with E-state index >= 15 is 0 Å². The zero-order chi connectivity index (χ0) is 27.9.